The first-order valence-electron chi connectivity index (χ1n) is 8.07. The van der Waals surface area contributed by atoms with E-state index in [9.17, 15) is 4.39 Å². The van der Waals surface area contributed by atoms with E-state index < -0.39 is 5.09 Å². The lowest BCUT2D eigenvalue weighted by Gasteiger charge is -2.18. The van der Waals surface area contributed by atoms with Crippen LogP contribution >= 0.6 is 0 Å². The number of aromatic nitrogens is 2. The molecule has 24 heavy (non-hydrogen) atoms. The minimum atomic E-state index is -1.50. The Morgan fingerprint density at radius 2 is 1.96 bits per heavy atom. The molecule has 6 nitrogen and oxygen atoms in total. The molecule has 0 saturated heterocycles. The van der Waals surface area contributed by atoms with Gasteiger partial charge in [0.1, 0.15) is 5.82 Å². The van der Waals surface area contributed by atoms with Gasteiger partial charge in [-0.3, -0.25) is 0 Å². The van der Waals surface area contributed by atoms with E-state index in [2.05, 4.69) is 16.5 Å². The van der Waals surface area contributed by atoms with Gasteiger partial charge in [-0.25, -0.2) is 9.37 Å². The van der Waals surface area contributed by atoms with Crippen molar-refractivity contribution in [3.8, 4) is 0 Å². The van der Waals surface area contributed by atoms with E-state index in [1.54, 1.807) is 18.3 Å². The van der Waals surface area contributed by atoms with Crippen LogP contribution in [-0.2, 0) is 6.54 Å². The number of imidazole rings is 1. The van der Waals surface area contributed by atoms with E-state index in [0.29, 0.717) is 5.92 Å². The van der Waals surface area contributed by atoms with Crippen LogP contribution in [0.15, 0.2) is 43.0 Å². The Morgan fingerprint density at radius 1 is 1.29 bits per heavy atom. The van der Waals surface area contributed by atoms with Gasteiger partial charge in [0.15, 0.2) is 0 Å². The molecule has 0 aliphatic heterocycles. The molecule has 0 amide bonds. The Balaban J connectivity index is 0.000000648. The van der Waals surface area contributed by atoms with Crippen molar-refractivity contribution in [2.24, 2.45) is 0 Å². The molecule has 1 N–H and O–H groups in total. The van der Waals surface area contributed by atoms with Crippen molar-refractivity contribution in [3.63, 3.8) is 0 Å². The Kier molecular flexibility index (Phi) is 9.11. The van der Waals surface area contributed by atoms with Crippen LogP contribution in [0.5, 0.6) is 0 Å². The Morgan fingerprint density at radius 3 is 2.50 bits per heavy atom. The second-order valence-corrected chi connectivity index (χ2v) is 5.60. The molecule has 0 fully saturated rings. The van der Waals surface area contributed by atoms with Gasteiger partial charge in [-0.1, -0.05) is 44.7 Å². The van der Waals surface area contributed by atoms with Gasteiger partial charge in [0, 0.05) is 24.9 Å². The second kappa shape index (κ2) is 11.2. The molecule has 2 rings (SSSR count). The molecule has 1 atom stereocenters. The summed E-state index contributed by atoms with van der Waals surface area (Å²) in [5.41, 5.74) is 1.22. The van der Waals surface area contributed by atoms with E-state index in [1.165, 1.54) is 31.2 Å². The monoisotopic (exact) mass is 337 g/mol. The fraction of sp³-hybridized carbons (Fsp3) is 0.471. The number of rotatable bonds is 8. The van der Waals surface area contributed by atoms with E-state index in [1.807, 2.05) is 24.7 Å². The Hall–Kier alpha value is -2.44. The zero-order valence-corrected chi connectivity index (χ0v) is 13.8. The molecule has 132 valence electrons. The summed E-state index contributed by atoms with van der Waals surface area (Å²) in [6, 6.07) is 6.94. The number of halogens is 1. The van der Waals surface area contributed by atoms with Gasteiger partial charge in [-0.15, -0.1) is 10.1 Å². The second-order valence-electron chi connectivity index (χ2n) is 5.60. The predicted octanol–water partition coefficient (Wildman–Crippen LogP) is 4.43. The highest BCUT2D eigenvalue weighted by molar-refractivity contribution is 5.20. The molecule has 0 spiro atoms. The lowest BCUT2D eigenvalue weighted by molar-refractivity contribution is -0.742. The van der Waals surface area contributed by atoms with Crippen molar-refractivity contribution in [1.82, 2.24) is 9.55 Å². The number of hydrogen-bond donors (Lipinski definition) is 1. The smallest absolute Gasteiger partial charge is 0.291 e. The van der Waals surface area contributed by atoms with Crippen LogP contribution in [0.25, 0.3) is 0 Å². The largest absolute Gasteiger partial charge is 0.337 e. The Labute approximate surface area is 141 Å². The third-order valence-corrected chi connectivity index (χ3v) is 3.74. The quantitative estimate of drug-likeness (QED) is 0.439. The van der Waals surface area contributed by atoms with E-state index in [-0.39, 0.29) is 5.82 Å². The van der Waals surface area contributed by atoms with Crippen molar-refractivity contribution in [2.75, 3.05) is 0 Å². The van der Waals surface area contributed by atoms with Crippen molar-refractivity contribution in [2.45, 2.75) is 51.5 Å². The standard InChI is InChI=1S/C17H23FN2.HNO3/c1-2-3-4-5-6-16(13-20-12-11-19-14-20)15-7-9-17(18)10-8-15;2-1(3)4/h7-12,14,16H,2-6,13H2,1H3;(H,2,3,4). The van der Waals surface area contributed by atoms with Gasteiger partial charge in [-0.2, -0.15) is 0 Å². The number of hydrogen-bond acceptors (Lipinski definition) is 3. The minimum Gasteiger partial charge on any atom is -0.337 e. The summed E-state index contributed by atoms with van der Waals surface area (Å²) >= 11 is 0. The molecular formula is C17H24FN3O3. The lowest BCUT2D eigenvalue weighted by Crippen LogP contribution is -2.08. The van der Waals surface area contributed by atoms with Crippen molar-refractivity contribution >= 4 is 0 Å². The van der Waals surface area contributed by atoms with Crippen LogP contribution in [0.1, 0.15) is 50.5 Å². The topological polar surface area (TPSA) is 81.2 Å². The molecule has 0 radical (unpaired) electrons. The zero-order chi connectivity index (χ0) is 17.8. The molecule has 0 bridgehead atoms. The number of benzene rings is 1. The molecule has 0 aliphatic carbocycles. The van der Waals surface area contributed by atoms with Gasteiger partial charge < -0.3 is 9.77 Å². The summed E-state index contributed by atoms with van der Waals surface area (Å²) < 4.78 is 15.2. The first kappa shape index (κ1) is 19.6. The highest BCUT2D eigenvalue weighted by Gasteiger charge is 2.12. The third kappa shape index (κ3) is 8.26. The predicted molar refractivity (Wildman–Crippen MR) is 88.9 cm³/mol. The molecule has 7 heteroatoms. The molecule has 0 saturated carbocycles. The van der Waals surface area contributed by atoms with Gasteiger partial charge >= 0.3 is 0 Å². The van der Waals surface area contributed by atoms with Crippen LogP contribution in [0.3, 0.4) is 0 Å². The average molecular weight is 337 g/mol. The average Bonchev–Trinajstić information content (AvgIpc) is 3.04. The van der Waals surface area contributed by atoms with Crippen LogP contribution in [0, 0.1) is 15.9 Å². The maximum absolute atomic E-state index is 13.1. The minimum absolute atomic E-state index is 0.166. The van der Waals surface area contributed by atoms with Gasteiger partial charge in [0.2, 0.25) is 0 Å². The molecule has 1 aromatic carbocycles. The molecule has 1 heterocycles. The summed E-state index contributed by atoms with van der Waals surface area (Å²) in [4.78, 5) is 12.5. The molecule has 2 aromatic rings. The van der Waals surface area contributed by atoms with Crippen LogP contribution in [0.4, 0.5) is 4.39 Å². The Bertz CT molecular complexity index is 569. The zero-order valence-electron chi connectivity index (χ0n) is 13.8. The van der Waals surface area contributed by atoms with Crippen LogP contribution in [-0.4, -0.2) is 19.8 Å². The first-order valence-corrected chi connectivity index (χ1v) is 8.07. The SMILES string of the molecule is CCCCCCC(Cn1ccnc1)c1ccc(F)cc1.O=[N+]([O-])O. The summed E-state index contributed by atoms with van der Waals surface area (Å²) in [6.45, 7) is 3.14. The van der Waals surface area contributed by atoms with Crippen molar-refractivity contribution < 1.29 is 14.7 Å². The van der Waals surface area contributed by atoms with Gasteiger partial charge in [0.05, 0.1) is 6.33 Å². The molecule has 1 unspecified atom stereocenters. The third-order valence-electron chi connectivity index (χ3n) is 3.74. The highest BCUT2D eigenvalue weighted by atomic mass is 19.1. The fourth-order valence-electron chi connectivity index (χ4n) is 2.57. The van der Waals surface area contributed by atoms with E-state index in [4.69, 9.17) is 15.3 Å². The summed E-state index contributed by atoms with van der Waals surface area (Å²) in [7, 11) is 0. The van der Waals surface area contributed by atoms with Gasteiger partial charge in [0.25, 0.3) is 5.09 Å². The lowest BCUT2D eigenvalue weighted by atomic mass is 9.93. The van der Waals surface area contributed by atoms with Crippen LogP contribution < -0.4 is 0 Å². The number of unbranched alkanes of at least 4 members (excludes halogenated alkanes) is 3. The summed E-state index contributed by atoms with van der Waals surface area (Å²) in [5.74, 6) is 0.266. The van der Waals surface area contributed by atoms with Crippen LogP contribution in [0.2, 0.25) is 0 Å². The van der Waals surface area contributed by atoms with Crippen molar-refractivity contribution in [3.05, 3.63) is 64.5 Å². The normalized spacial score (nSPS) is 11.4. The molecule has 0 aliphatic rings. The summed E-state index contributed by atoms with van der Waals surface area (Å²) in [6.07, 6.45) is 11.8. The number of nitrogens with zero attached hydrogens (tertiary/aromatic N) is 3. The van der Waals surface area contributed by atoms with E-state index >= 15 is 0 Å². The van der Waals surface area contributed by atoms with Crippen molar-refractivity contribution in [1.29, 1.82) is 0 Å². The maximum Gasteiger partial charge on any atom is 0.291 e. The maximum atomic E-state index is 13.1. The molecular weight excluding hydrogens is 313 g/mol. The van der Waals surface area contributed by atoms with Gasteiger partial charge in [-0.05, 0) is 24.1 Å². The summed E-state index contributed by atoms with van der Waals surface area (Å²) in [5, 5.41) is 13.6. The fourth-order valence-corrected chi connectivity index (χ4v) is 2.57. The van der Waals surface area contributed by atoms with E-state index in [0.717, 1.165) is 13.0 Å². The highest BCUT2D eigenvalue weighted by Crippen LogP contribution is 2.25. The molecule has 1 aromatic heterocycles. The first-order chi connectivity index (χ1) is 11.5.